The number of hydrogen-bond donors (Lipinski definition) is 0. The normalized spacial score (nSPS) is 19.4. The lowest BCUT2D eigenvalue weighted by Crippen LogP contribution is -2.17. The van der Waals surface area contributed by atoms with Gasteiger partial charge in [0.2, 0.25) is 0 Å². The van der Waals surface area contributed by atoms with Crippen LogP contribution in [0.15, 0.2) is 72.8 Å². The van der Waals surface area contributed by atoms with Gasteiger partial charge in [0.25, 0.3) is 0 Å². The molecular weight excluding hydrogens is 340 g/mol. The summed E-state index contributed by atoms with van der Waals surface area (Å²) >= 11 is 0. The van der Waals surface area contributed by atoms with Crippen molar-refractivity contribution < 1.29 is 19.0 Å². The zero-order valence-corrected chi connectivity index (χ0v) is 15.7. The van der Waals surface area contributed by atoms with E-state index in [-0.39, 0.29) is 24.8 Å². The third-order valence-electron chi connectivity index (χ3n) is 4.62. The van der Waals surface area contributed by atoms with Crippen molar-refractivity contribution in [1.29, 1.82) is 0 Å². The van der Waals surface area contributed by atoms with Gasteiger partial charge in [-0.2, -0.15) is 0 Å². The van der Waals surface area contributed by atoms with Crippen LogP contribution in [0.5, 0.6) is 0 Å². The Balaban J connectivity index is 1.61. The van der Waals surface area contributed by atoms with Gasteiger partial charge in [-0.15, -0.1) is 0 Å². The second-order valence-electron chi connectivity index (χ2n) is 6.60. The number of hydrogen-bond acceptors (Lipinski definition) is 4. The predicted octanol–water partition coefficient (Wildman–Crippen LogP) is 4.81. The SMILES string of the molecule is C=C1CC(OCC)OC1CCC(=O)OC(c1ccccc1)c1ccccc1. The van der Waals surface area contributed by atoms with Crippen molar-refractivity contribution in [3.8, 4) is 0 Å². The largest absolute Gasteiger partial charge is 0.453 e. The van der Waals surface area contributed by atoms with E-state index in [0.717, 1.165) is 16.7 Å². The summed E-state index contributed by atoms with van der Waals surface area (Å²) in [4.78, 5) is 12.5. The van der Waals surface area contributed by atoms with Gasteiger partial charge in [-0.25, -0.2) is 0 Å². The van der Waals surface area contributed by atoms with Crippen molar-refractivity contribution in [2.75, 3.05) is 6.61 Å². The Morgan fingerprint density at radius 3 is 2.26 bits per heavy atom. The molecule has 1 fully saturated rings. The predicted molar refractivity (Wildman–Crippen MR) is 104 cm³/mol. The average Bonchev–Trinajstić information content (AvgIpc) is 3.05. The number of ether oxygens (including phenoxy) is 3. The maximum absolute atomic E-state index is 12.5. The molecule has 4 nitrogen and oxygen atoms in total. The van der Waals surface area contributed by atoms with Crippen LogP contribution in [-0.4, -0.2) is 25.0 Å². The van der Waals surface area contributed by atoms with Gasteiger partial charge in [0.05, 0.1) is 6.10 Å². The molecule has 2 unspecified atom stereocenters. The molecule has 27 heavy (non-hydrogen) atoms. The van der Waals surface area contributed by atoms with E-state index >= 15 is 0 Å². The first-order valence-corrected chi connectivity index (χ1v) is 9.41. The van der Waals surface area contributed by atoms with Crippen molar-refractivity contribution in [1.82, 2.24) is 0 Å². The molecule has 2 atom stereocenters. The van der Waals surface area contributed by atoms with Crippen molar-refractivity contribution in [3.63, 3.8) is 0 Å². The summed E-state index contributed by atoms with van der Waals surface area (Å²) in [6.45, 7) is 6.58. The molecule has 0 spiro atoms. The van der Waals surface area contributed by atoms with Gasteiger partial charge in [0.1, 0.15) is 0 Å². The Kier molecular flexibility index (Phi) is 6.80. The van der Waals surface area contributed by atoms with Crippen LogP contribution in [0.25, 0.3) is 0 Å². The minimum absolute atomic E-state index is 0.152. The van der Waals surface area contributed by atoms with Crippen LogP contribution >= 0.6 is 0 Å². The molecule has 2 aromatic carbocycles. The van der Waals surface area contributed by atoms with E-state index in [9.17, 15) is 4.79 Å². The van der Waals surface area contributed by atoms with Crippen molar-refractivity contribution in [3.05, 3.63) is 83.9 Å². The summed E-state index contributed by atoms with van der Waals surface area (Å²) in [5.74, 6) is -0.246. The molecule has 0 aliphatic carbocycles. The first-order chi connectivity index (χ1) is 13.2. The fourth-order valence-corrected chi connectivity index (χ4v) is 3.25. The van der Waals surface area contributed by atoms with Crippen molar-refractivity contribution in [2.24, 2.45) is 0 Å². The minimum Gasteiger partial charge on any atom is -0.453 e. The molecule has 0 aromatic heterocycles. The van der Waals surface area contributed by atoms with Gasteiger partial charge in [0, 0.05) is 19.4 Å². The Morgan fingerprint density at radius 1 is 1.11 bits per heavy atom. The smallest absolute Gasteiger partial charge is 0.306 e. The second-order valence-corrected chi connectivity index (χ2v) is 6.60. The molecule has 1 aliphatic heterocycles. The molecular formula is C23H26O4. The summed E-state index contributed by atoms with van der Waals surface area (Å²) in [7, 11) is 0. The Bertz CT molecular complexity index is 702. The molecule has 1 heterocycles. The number of carbonyl (C=O) groups excluding carboxylic acids is 1. The summed E-state index contributed by atoms with van der Waals surface area (Å²) in [6.07, 6.45) is 0.704. The quantitative estimate of drug-likeness (QED) is 0.497. The first kappa shape index (κ1) is 19.3. The molecule has 3 rings (SSSR count). The molecule has 4 heteroatoms. The van der Waals surface area contributed by atoms with Gasteiger partial charge in [-0.1, -0.05) is 67.2 Å². The highest BCUT2D eigenvalue weighted by molar-refractivity contribution is 5.70. The van der Waals surface area contributed by atoms with E-state index in [1.54, 1.807) is 0 Å². The minimum atomic E-state index is -0.413. The number of rotatable bonds is 8. The van der Waals surface area contributed by atoms with E-state index in [1.807, 2.05) is 67.6 Å². The summed E-state index contributed by atoms with van der Waals surface area (Å²) in [5, 5.41) is 0. The highest BCUT2D eigenvalue weighted by Gasteiger charge is 2.30. The molecule has 0 N–H and O–H groups in total. The van der Waals surface area contributed by atoms with E-state index in [1.165, 1.54) is 0 Å². The number of benzene rings is 2. The molecule has 0 bridgehead atoms. The first-order valence-electron chi connectivity index (χ1n) is 9.41. The van der Waals surface area contributed by atoms with Crippen LogP contribution < -0.4 is 0 Å². The van der Waals surface area contributed by atoms with E-state index in [2.05, 4.69) is 6.58 Å². The van der Waals surface area contributed by atoms with E-state index < -0.39 is 6.10 Å². The van der Waals surface area contributed by atoms with Gasteiger partial charge < -0.3 is 14.2 Å². The third kappa shape index (κ3) is 5.28. The number of esters is 1. The zero-order chi connectivity index (χ0) is 19.1. The standard InChI is InChI=1S/C23H26O4/c1-3-25-22-16-17(2)20(26-22)14-15-21(24)27-23(18-10-6-4-7-11-18)19-12-8-5-9-13-19/h4-13,20,22-23H,2-3,14-16H2,1H3. The maximum atomic E-state index is 12.5. The summed E-state index contributed by atoms with van der Waals surface area (Å²) in [5.41, 5.74) is 2.88. The van der Waals surface area contributed by atoms with Crippen LogP contribution in [-0.2, 0) is 19.0 Å². The highest BCUT2D eigenvalue weighted by Crippen LogP contribution is 2.30. The summed E-state index contributed by atoms with van der Waals surface area (Å²) < 4.78 is 17.1. The van der Waals surface area contributed by atoms with Crippen LogP contribution in [0.3, 0.4) is 0 Å². The molecule has 0 amide bonds. The van der Waals surface area contributed by atoms with Gasteiger partial charge >= 0.3 is 5.97 Å². The Hall–Kier alpha value is -2.43. The average molecular weight is 366 g/mol. The fourth-order valence-electron chi connectivity index (χ4n) is 3.25. The van der Waals surface area contributed by atoms with E-state index in [4.69, 9.17) is 14.2 Å². The topological polar surface area (TPSA) is 44.8 Å². The Labute approximate surface area is 160 Å². The molecule has 1 saturated heterocycles. The van der Waals surface area contributed by atoms with Crippen LogP contribution in [0.1, 0.15) is 43.4 Å². The molecule has 0 radical (unpaired) electrons. The van der Waals surface area contributed by atoms with Crippen molar-refractivity contribution in [2.45, 2.75) is 44.7 Å². The monoisotopic (exact) mass is 366 g/mol. The van der Waals surface area contributed by atoms with E-state index in [0.29, 0.717) is 19.4 Å². The van der Waals surface area contributed by atoms with Gasteiger partial charge in [-0.3, -0.25) is 4.79 Å². The molecule has 1 aliphatic rings. The van der Waals surface area contributed by atoms with Crippen LogP contribution in [0.2, 0.25) is 0 Å². The molecule has 2 aromatic rings. The summed E-state index contributed by atoms with van der Waals surface area (Å²) in [6, 6.07) is 19.6. The lowest BCUT2D eigenvalue weighted by molar-refractivity contribution is -0.151. The third-order valence-corrected chi connectivity index (χ3v) is 4.62. The lowest BCUT2D eigenvalue weighted by atomic mass is 10.0. The molecule has 0 saturated carbocycles. The van der Waals surface area contributed by atoms with Crippen LogP contribution in [0.4, 0.5) is 0 Å². The van der Waals surface area contributed by atoms with Gasteiger partial charge in [-0.05, 0) is 30.0 Å². The Morgan fingerprint density at radius 2 is 1.70 bits per heavy atom. The molecule has 142 valence electrons. The maximum Gasteiger partial charge on any atom is 0.306 e. The zero-order valence-electron chi connectivity index (χ0n) is 15.7. The van der Waals surface area contributed by atoms with Crippen molar-refractivity contribution >= 4 is 5.97 Å². The second kappa shape index (κ2) is 9.49. The number of carbonyl (C=O) groups is 1. The highest BCUT2D eigenvalue weighted by atomic mass is 16.7. The van der Waals surface area contributed by atoms with Gasteiger partial charge in [0.15, 0.2) is 12.4 Å². The lowest BCUT2D eigenvalue weighted by Gasteiger charge is -2.19. The van der Waals surface area contributed by atoms with Crippen LogP contribution in [0, 0.1) is 0 Å². The fraction of sp³-hybridized carbons (Fsp3) is 0.348.